The van der Waals surface area contributed by atoms with Crippen molar-refractivity contribution in [3.8, 4) is 0 Å². The van der Waals surface area contributed by atoms with Crippen molar-refractivity contribution in [1.82, 2.24) is 15.6 Å². The Labute approximate surface area is 176 Å². The highest BCUT2D eigenvalue weighted by molar-refractivity contribution is 14.0. The fourth-order valence-corrected chi connectivity index (χ4v) is 3.02. The summed E-state index contributed by atoms with van der Waals surface area (Å²) in [5, 5.41) is 19.0. The maximum absolute atomic E-state index is 10.6. The fraction of sp³-hybridized carbons (Fsp3) is 0.444. The summed E-state index contributed by atoms with van der Waals surface area (Å²) in [4.78, 5) is 12.0. The summed E-state index contributed by atoms with van der Waals surface area (Å²) in [5.41, 5.74) is -0.0404. The summed E-state index contributed by atoms with van der Waals surface area (Å²) in [6.07, 6.45) is 0. The van der Waals surface area contributed by atoms with Crippen molar-refractivity contribution in [2.75, 3.05) is 32.1 Å². The lowest BCUT2D eigenvalue weighted by Crippen LogP contribution is -2.44. The van der Waals surface area contributed by atoms with E-state index in [4.69, 9.17) is 0 Å². The van der Waals surface area contributed by atoms with Gasteiger partial charge in [-0.3, -0.25) is 0 Å². The van der Waals surface area contributed by atoms with Crippen LogP contribution in [-0.2, 0) is 12.1 Å². The predicted octanol–water partition coefficient (Wildman–Crippen LogP) is 2.79. The second-order valence-electron chi connectivity index (χ2n) is 6.18. The number of guanidine groups is 1. The normalized spacial score (nSPS) is 13.5. The van der Waals surface area contributed by atoms with Crippen LogP contribution in [0.3, 0.4) is 0 Å². The molecule has 6 nitrogen and oxygen atoms in total. The standard InChI is InChI=1S/C18H27N5OS.HI/c1-5-19-17(21-13-18(2,24)15-9-7-11-25-15)20-12-14-8-6-10-16(22-14)23(3)4;/h6-11,24H,5,12-13H2,1-4H3,(H2,19,20,21);1H. The molecule has 0 saturated heterocycles. The second-order valence-corrected chi connectivity index (χ2v) is 7.13. The summed E-state index contributed by atoms with van der Waals surface area (Å²) in [6, 6.07) is 9.79. The third-order valence-electron chi connectivity index (χ3n) is 3.65. The van der Waals surface area contributed by atoms with Crippen molar-refractivity contribution in [2.24, 2.45) is 4.99 Å². The van der Waals surface area contributed by atoms with Crippen molar-refractivity contribution in [1.29, 1.82) is 0 Å². The molecule has 1 unspecified atom stereocenters. The average molecular weight is 489 g/mol. The Bertz CT molecular complexity index is 689. The summed E-state index contributed by atoms with van der Waals surface area (Å²) in [7, 11) is 3.93. The van der Waals surface area contributed by atoms with E-state index < -0.39 is 5.60 Å². The minimum absolute atomic E-state index is 0. The molecule has 0 spiro atoms. The van der Waals surface area contributed by atoms with E-state index in [2.05, 4.69) is 20.6 Å². The molecule has 1 atom stereocenters. The number of aliphatic imine (C=N–C) groups is 1. The Kier molecular flexibility index (Phi) is 9.31. The number of nitrogens with zero attached hydrogens (tertiary/aromatic N) is 3. The zero-order valence-corrected chi connectivity index (χ0v) is 18.8. The van der Waals surface area contributed by atoms with Gasteiger partial charge in [-0.15, -0.1) is 35.3 Å². The van der Waals surface area contributed by atoms with E-state index >= 15 is 0 Å². The molecule has 144 valence electrons. The number of pyridine rings is 1. The van der Waals surface area contributed by atoms with Crippen LogP contribution in [0.4, 0.5) is 5.82 Å². The van der Waals surface area contributed by atoms with Crippen LogP contribution >= 0.6 is 35.3 Å². The van der Waals surface area contributed by atoms with Crippen LogP contribution in [0.1, 0.15) is 24.4 Å². The number of thiophene rings is 1. The van der Waals surface area contributed by atoms with Gasteiger partial charge in [0.15, 0.2) is 5.96 Å². The molecule has 0 aliphatic heterocycles. The van der Waals surface area contributed by atoms with Crippen LogP contribution in [0.15, 0.2) is 40.7 Å². The molecule has 0 fully saturated rings. The van der Waals surface area contributed by atoms with Gasteiger partial charge in [0, 0.05) is 25.5 Å². The highest BCUT2D eigenvalue weighted by Crippen LogP contribution is 2.24. The molecular weight excluding hydrogens is 461 g/mol. The molecule has 2 aromatic heterocycles. The molecule has 2 aromatic rings. The number of rotatable bonds is 7. The summed E-state index contributed by atoms with van der Waals surface area (Å²) in [5.74, 6) is 1.57. The first-order chi connectivity index (χ1) is 11.9. The third-order valence-corrected chi connectivity index (χ3v) is 4.77. The van der Waals surface area contributed by atoms with Crippen LogP contribution in [0.2, 0.25) is 0 Å². The van der Waals surface area contributed by atoms with Crippen molar-refractivity contribution < 1.29 is 5.11 Å². The van der Waals surface area contributed by atoms with Crippen molar-refractivity contribution >= 4 is 47.1 Å². The van der Waals surface area contributed by atoms with Gasteiger partial charge in [-0.2, -0.15) is 0 Å². The number of hydrogen-bond donors (Lipinski definition) is 3. The van der Waals surface area contributed by atoms with E-state index in [-0.39, 0.29) is 24.0 Å². The zero-order chi connectivity index (χ0) is 18.3. The van der Waals surface area contributed by atoms with Crippen molar-refractivity contribution in [2.45, 2.75) is 26.0 Å². The van der Waals surface area contributed by atoms with E-state index in [0.29, 0.717) is 19.0 Å². The lowest BCUT2D eigenvalue weighted by Gasteiger charge is -2.23. The molecule has 0 amide bonds. The Balaban J connectivity index is 0.00000338. The van der Waals surface area contributed by atoms with Crippen LogP contribution in [0, 0.1) is 0 Å². The average Bonchev–Trinajstić information content (AvgIpc) is 3.13. The number of hydrogen-bond acceptors (Lipinski definition) is 5. The maximum Gasteiger partial charge on any atom is 0.191 e. The second kappa shape index (κ2) is 10.7. The summed E-state index contributed by atoms with van der Waals surface area (Å²) < 4.78 is 0. The van der Waals surface area contributed by atoms with Gasteiger partial charge < -0.3 is 20.6 Å². The topological polar surface area (TPSA) is 72.8 Å². The number of anilines is 1. The van der Waals surface area contributed by atoms with Gasteiger partial charge >= 0.3 is 0 Å². The molecular formula is C18H28IN5OS. The molecule has 8 heteroatoms. The van der Waals surface area contributed by atoms with Gasteiger partial charge in [-0.1, -0.05) is 12.1 Å². The molecule has 0 aliphatic rings. The minimum Gasteiger partial charge on any atom is -0.383 e. The predicted molar refractivity (Wildman–Crippen MR) is 121 cm³/mol. The largest absolute Gasteiger partial charge is 0.383 e. The van der Waals surface area contributed by atoms with Crippen molar-refractivity contribution in [3.05, 3.63) is 46.3 Å². The number of nitrogens with one attached hydrogen (secondary N) is 2. The number of halogens is 1. The van der Waals surface area contributed by atoms with Crippen LogP contribution in [0.5, 0.6) is 0 Å². The van der Waals surface area contributed by atoms with Gasteiger partial charge in [0.25, 0.3) is 0 Å². The monoisotopic (exact) mass is 489 g/mol. The molecule has 0 bridgehead atoms. The third kappa shape index (κ3) is 6.73. The lowest BCUT2D eigenvalue weighted by atomic mass is 10.1. The van der Waals surface area contributed by atoms with E-state index in [9.17, 15) is 5.11 Å². The number of aromatic nitrogens is 1. The minimum atomic E-state index is -0.937. The van der Waals surface area contributed by atoms with E-state index in [1.165, 1.54) is 0 Å². The number of aliphatic hydroxyl groups is 1. The smallest absolute Gasteiger partial charge is 0.191 e. The van der Waals surface area contributed by atoms with Crippen molar-refractivity contribution in [3.63, 3.8) is 0 Å². The zero-order valence-electron chi connectivity index (χ0n) is 15.7. The Hall–Kier alpha value is -1.39. The van der Waals surface area contributed by atoms with Crippen LogP contribution < -0.4 is 15.5 Å². The molecule has 0 radical (unpaired) electrons. The Morgan fingerprint density at radius 1 is 1.27 bits per heavy atom. The first-order valence-corrected chi connectivity index (χ1v) is 9.22. The molecule has 26 heavy (non-hydrogen) atoms. The van der Waals surface area contributed by atoms with E-state index in [1.54, 1.807) is 18.3 Å². The Morgan fingerprint density at radius 2 is 2.04 bits per heavy atom. The van der Waals surface area contributed by atoms with Crippen LogP contribution in [-0.4, -0.2) is 43.2 Å². The van der Waals surface area contributed by atoms with Gasteiger partial charge in [0.1, 0.15) is 11.4 Å². The summed E-state index contributed by atoms with van der Waals surface area (Å²) in [6.45, 7) is 5.41. The molecule has 0 aliphatic carbocycles. The fourth-order valence-electron chi connectivity index (χ4n) is 2.23. The first-order valence-electron chi connectivity index (χ1n) is 8.34. The molecule has 2 rings (SSSR count). The maximum atomic E-state index is 10.6. The molecule has 0 saturated carbocycles. The van der Waals surface area contributed by atoms with Gasteiger partial charge in [-0.05, 0) is 37.4 Å². The SMILES string of the molecule is CCNC(=NCc1cccc(N(C)C)n1)NCC(C)(O)c1cccs1.I. The van der Waals surface area contributed by atoms with Gasteiger partial charge in [0.2, 0.25) is 0 Å². The molecule has 2 heterocycles. The van der Waals surface area contributed by atoms with Gasteiger partial charge in [-0.25, -0.2) is 9.98 Å². The Morgan fingerprint density at radius 3 is 2.65 bits per heavy atom. The quantitative estimate of drug-likeness (QED) is 0.317. The lowest BCUT2D eigenvalue weighted by molar-refractivity contribution is 0.0655. The summed E-state index contributed by atoms with van der Waals surface area (Å²) >= 11 is 1.54. The first kappa shape index (κ1) is 22.7. The van der Waals surface area contributed by atoms with Crippen LogP contribution in [0.25, 0.3) is 0 Å². The highest BCUT2D eigenvalue weighted by Gasteiger charge is 2.24. The van der Waals surface area contributed by atoms with E-state index in [1.807, 2.05) is 61.6 Å². The highest BCUT2D eigenvalue weighted by atomic mass is 127. The van der Waals surface area contributed by atoms with E-state index in [0.717, 1.165) is 22.9 Å². The molecule has 0 aromatic carbocycles. The molecule has 3 N–H and O–H groups in total. The van der Waals surface area contributed by atoms with Gasteiger partial charge in [0.05, 0.1) is 18.8 Å².